The maximum Gasteiger partial charge on any atom is 0.303 e. The lowest BCUT2D eigenvalue weighted by Gasteiger charge is -2.35. The van der Waals surface area contributed by atoms with E-state index in [2.05, 4.69) is 5.32 Å². The fraction of sp³-hybridized carbons (Fsp3) is 0.571. The van der Waals surface area contributed by atoms with E-state index < -0.39 is 16.0 Å². The third-order valence-electron chi connectivity index (χ3n) is 3.82. The molecule has 7 heteroatoms. The van der Waals surface area contributed by atoms with Gasteiger partial charge in [0.25, 0.3) is 0 Å². The van der Waals surface area contributed by atoms with E-state index in [0.717, 1.165) is 23.7 Å². The zero-order chi connectivity index (χ0) is 15.5. The fourth-order valence-electron chi connectivity index (χ4n) is 2.67. The number of nitrogens with one attached hydrogen (secondary N) is 1. The number of benzene rings is 1. The summed E-state index contributed by atoms with van der Waals surface area (Å²) in [5.74, 6) is -0.124. The van der Waals surface area contributed by atoms with Crippen molar-refractivity contribution in [2.45, 2.75) is 12.8 Å². The number of hydrogen-bond donors (Lipinski definition) is 1. The van der Waals surface area contributed by atoms with E-state index >= 15 is 0 Å². The van der Waals surface area contributed by atoms with E-state index in [1.165, 1.54) is 29.6 Å². The van der Waals surface area contributed by atoms with Crippen molar-refractivity contribution >= 4 is 15.9 Å². The van der Waals surface area contributed by atoms with Crippen LogP contribution in [0.15, 0.2) is 24.3 Å². The van der Waals surface area contributed by atoms with Crippen LogP contribution < -0.4 is 9.62 Å². The second-order valence-corrected chi connectivity index (χ2v) is 7.34. The van der Waals surface area contributed by atoms with Crippen molar-refractivity contribution in [1.82, 2.24) is 9.62 Å². The van der Waals surface area contributed by atoms with Gasteiger partial charge in [0.2, 0.25) is 0 Å². The summed E-state index contributed by atoms with van der Waals surface area (Å²) in [6.45, 7) is 1.82. The third-order valence-corrected chi connectivity index (χ3v) is 5.71. The highest BCUT2D eigenvalue weighted by Gasteiger charge is 2.31. The minimum Gasteiger partial charge on any atom is -0.319 e. The maximum atomic E-state index is 13.3. The number of rotatable bonds is 5. The molecule has 1 N–H and O–H groups in total. The molecule has 118 valence electrons. The average molecular weight is 315 g/mol. The molecule has 2 rings (SSSR count). The Morgan fingerprint density at radius 2 is 2.24 bits per heavy atom. The average Bonchev–Trinajstić information content (AvgIpc) is 2.47. The fourth-order valence-corrected chi connectivity index (χ4v) is 4.16. The quantitative estimate of drug-likeness (QED) is 0.894. The lowest BCUT2D eigenvalue weighted by atomic mass is 10.00. The number of hydrogen-bond acceptors (Lipinski definition) is 3. The summed E-state index contributed by atoms with van der Waals surface area (Å²) in [5, 5.41) is 3.09. The number of nitrogens with zero attached hydrogens (tertiary/aromatic N) is 2. The summed E-state index contributed by atoms with van der Waals surface area (Å²) in [7, 11) is -0.279. The van der Waals surface area contributed by atoms with Gasteiger partial charge in [0.1, 0.15) is 5.82 Å². The maximum absolute atomic E-state index is 13.3. The largest absolute Gasteiger partial charge is 0.319 e. The summed E-state index contributed by atoms with van der Waals surface area (Å²) in [4.78, 5) is 0. The zero-order valence-corrected chi connectivity index (χ0v) is 13.2. The molecular formula is C14H22FN3O2S. The van der Waals surface area contributed by atoms with Gasteiger partial charge in [-0.25, -0.2) is 4.39 Å². The van der Waals surface area contributed by atoms with Gasteiger partial charge in [0, 0.05) is 20.1 Å². The lowest BCUT2D eigenvalue weighted by Crippen LogP contribution is -2.48. The highest BCUT2D eigenvalue weighted by atomic mass is 32.2. The van der Waals surface area contributed by atoms with Crippen molar-refractivity contribution < 1.29 is 12.8 Å². The van der Waals surface area contributed by atoms with Crippen LogP contribution >= 0.6 is 0 Å². The van der Waals surface area contributed by atoms with Crippen molar-refractivity contribution in [3.63, 3.8) is 0 Å². The van der Waals surface area contributed by atoms with E-state index in [-0.39, 0.29) is 0 Å². The van der Waals surface area contributed by atoms with Gasteiger partial charge in [-0.05, 0) is 50.6 Å². The molecule has 1 aromatic rings. The molecule has 0 saturated carbocycles. The van der Waals surface area contributed by atoms with Gasteiger partial charge in [0.15, 0.2) is 0 Å². The molecule has 1 unspecified atom stereocenters. The topological polar surface area (TPSA) is 52.7 Å². The zero-order valence-electron chi connectivity index (χ0n) is 12.4. The molecule has 0 aliphatic carbocycles. The van der Waals surface area contributed by atoms with Gasteiger partial charge in [-0.15, -0.1) is 0 Å². The molecule has 0 radical (unpaired) electrons. The van der Waals surface area contributed by atoms with Crippen molar-refractivity contribution in [3.8, 4) is 0 Å². The molecule has 0 amide bonds. The van der Waals surface area contributed by atoms with Crippen LogP contribution in [0.5, 0.6) is 0 Å². The van der Waals surface area contributed by atoms with Gasteiger partial charge >= 0.3 is 10.2 Å². The van der Waals surface area contributed by atoms with Gasteiger partial charge in [-0.1, -0.05) is 6.07 Å². The minimum atomic E-state index is -3.61. The molecule has 0 aromatic heterocycles. The second kappa shape index (κ2) is 6.72. The first-order valence-electron chi connectivity index (χ1n) is 7.09. The van der Waals surface area contributed by atoms with E-state index in [9.17, 15) is 12.8 Å². The Bertz CT molecular complexity index is 577. The third kappa shape index (κ3) is 3.72. The van der Waals surface area contributed by atoms with Crippen LogP contribution in [0.3, 0.4) is 0 Å². The first-order chi connectivity index (χ1) is 9.95. The summed E-state index contributed by atoms with van der Waals surface area (Å²) < 4.78 is 41.2. The molecule has 1 aromatic carbocycles. The molecule has 1 aliphatic rings. The summed E-state index contributed by atoms with van der Waals surface area (Å²) in [6.07, 6.45) is 1.87. The molecule has 5 nitrogen and oxygen atoms in total. The molecule has 1 saturated heterocycles. The lowest BCUT2D eigenvalue weighted by molar-refractivity contribution is 0.263. The Morgan fingerprint density at radius 1 is 1.48 bits per heavy atom. The number of halogens is 1. The van der Waals surface area contributed by atoms with Crippen molar-refractivity contribution in [2.24, 2.45) is 5.92 Å². The summed E-state index contributed by atoms with van der Waals surface area (Å²) in [6, 6.07) is 5.63. The summed E-state index contributed by atoms with van der Waals surface area (Å²) >= 11 is 0. The highest BCUT2D eigenvalue weighted by Crippen LogP contribution is 2.24. The van der Waals surface area contributed by atoms with Gasteiger partial charge in [-0.2, -0.15) is 12.7 Å². The predicted molar refractivity (Wildman–Crippen MR) is 81.9 cm³/mol. The highest BCUT2D eigenvalue weighted by molar-refractivity contribution is 7.90. The van der Waals surface area contributed by atoms with Crippen LogP contribution in [0.4, 0.5) is 10.1 Å². The first kappa shape index (κ1) is 16.2. The van der Waals surface area contributed by atoms with Crippen molar-refractivity contribution in [1.29, 1.82) is 0 Å². The molecule has 1 aliphatic heterocycles. The van der Waals surface area contributed by atoms with Crippen molar-refractivity contribution in [3.05, 3.63) is 30.1 Å². The van der Waals surface area contributed by atoms with Crippen LogP contribution in [0.2, 0.25) is 0 Å². The van der Waals surface area contributed by atoms with Gasteiger partial charge < -0.3 is 5.32 Å². The molecule has 21 heavy (non-hydrogen) atoms. The Balaban J connectivity index is 2.17. The van der Waals surface area contributed by atoms with Crippen LogP contribution in [0, 0.1) is 11.7 Å². The SMILES string of the molecule is CNCC1CCCN(S(=O)(=O)N(C)c2cccc(F)c2)C1. The van der Waals surface area contributed by atoms with Crippen LogP contribution in [0.1, 0.15) is 12.8 Å². The van der Waals surface area contributed by atoms with Crippen LogP contribution in [0.25, 0.3) is 0 Å². The van der Waals surface area contributed by atoms with E-state index in [4.69, 9.17) is 0 Å². The molecule has 0 bridgehead atoms. The monoisotopic (exact) mass is 315 g/mol. The second-order valence-electron chi connectivity index (χ2n) is 5.38. The Labute approximate surface area is 125 Å². The predicted octanol–water partition coefficient (Wildman–Crippen LogP) is 1.44. The normalized spacial score (nSPS) is 20.4. The molecule has 1 fully saturated rings. The van der Waals surface area contributed by atoms with Gasteiger partial charge in [-0.3, -0.25) is 4.31 Å². The number of anilines is 1. The standard InChI is InChI=1S/C14H22FN3O2S/c1-16-10-12-5-4-8-18(11-12)21(19,20)17(2)14-7-3-6-13(15)9-14/h3,6-7,9,12,16H,4-5,8,10-11H2,1-2H3. The van der Waals surface area contributed by atoms with E-state index in [1.807, 2.05) is 7.05 Å². The van der Waals surface area contributed by atoms with Crippen molar-refractivity contribution in [2.75, 3.05) is 38.0 Å². The number of piperidine rings is 1. The Hall–Kier alpha value is -1.18. The Kier molecular flexibility index (Phi) is 5.18. The van der Waals surface area contributed by atoms with Crippen LogP contribution in [-0.4, -0.2) is 46.5 Å². The van der Waals surface area contributed by atoms with E-state index in [0.29, 0.717) is 24.7 Å². The molecule has 0 spiro atoms. The van der Waals surface area contributed by atoms with Gasteiger partial charge in [0.05, 0.1) is 5.69 Å². The molecule has 1 atom stereocenters. The molecule has 1 heterocycles. The minimum absolute atomic E-state index is 0.319. The molecular weight excluding hydrogens is 293 g/mol. The Morgan fingerprint density at radius 3 is 2.90 bits per heavy atom. The summed E-state index contributed by atoms with van der Waals surface area (Å²) in [5.41, 5.74) is 0.339. The van der Waals surface area contributed by atoms with E-state index in [1.54, 1.807) is 6.07 Å². The van der Waals surface area contributed by atoms with Crippen LogP contribution in [-0.2, 0) is 10.2 Å². The smallest absolute Gasteiger partial charge is 0.303 e. The first-order valence-corrected chi connectivity index (χ1v) is 8.49.